The molecule has 0 aromatic heterocycles. The number of nitrogens with one attached hydrogen (secondary N) is 2. The molecule has 0 spiro atoms. The summed E-state index contributed by atoms with van der Waals surface area (Å²) in [5.74, 6) is 0.742. The van der Waals surface area contributed by atoms with Crippen LogP contribution >= 0.6 is 0 Å². The van der Waals surface area contributed by atoms with E-state index in [2.05, 4.69) is 61.7 Å². The van der Waals surface area contributed by atoms with Gasteiger partial charge in [0.1, 0.15) is 0 Å². The molecule has 112 valence electrons. The number of nitrogens with zero attached hydrogens (tertiary/aromatic N) is 1. The van der Waals surface area contributed by atoms with Crippen molar-refractivity contribution in [3.63, 3.8) is 0 Å². The van der Waals surface area contributed by atoms with Gasteiger partial charge in [0.25, 0.3) is 0 Å². The Hall–Kier alpha value is -1.06. The predicted molar refractivity (Wildman–Crippen MR) is 87.3 cm³/mol. The maximum atomic E-state index is 3.64. The van der Waals surface area contributed by atoms with Crippen LogP contribution < -0.4 is 10.6 Å². The van der Waals surface area contributed by atoms with Crippen molar-refractivity contribution in [1.29, 1.82) is 0 Å². The van der Waals surface area contributed by atoms with Crippen molar-refractivity contribution in [2.75, 3.05) is 32.5 Å². The van der Waals surface area contributed by atoms with Crippen molar-refractivity contribution in [2.24, 2.45) is 5.92 Å². The van der Waals surface area contributed by atoms with Gasteiger partial charge in [-0.1, -0.05) is 32.0 Å². The second-order valence-electron chi connectivity index (χ2n) is 6.51. The Labute approximate surface area is 123 Å². The Bertz CT molecular complexity index is 426. The average molecular weight is 275 g/mol. The molecule has 0 saturated carbocycles. The molecule has 3 nitrogen and oxygen atoms in total. The van der Waals surface area contributed by atoms with Crippen LogP contribution in [0.4, 0.5) is 5.69 Å². The van der Waals surface area contributed by atoms with Gasteiger partial charge in [0.05, 0.1) is 0 Å². The maximum Gasteiger partial charge on any atom is 0.0419 e. The molecule has 0 radical (unpaired) electrons. The summed E-state index contributed by atoms with van der Waals surface area (Å²) >= 11 is 0. The number of benzene rings is 1. The molecule has 0 amide bonds. The Kier molecular flexibility index (Phi) is 5.44. The highest BCUT2D eigenvalue weighted by atomic mass is 15.1. The van der Waals surface area contributed by atoms with Gasteiger partial charge in [-0.05, 0) is 44.0 Å². The first-order valence-corrected chi connectivity index (χ1v) is 7.79. The summed E-state index contributed by atoms with van der Waals surface area (Å²) in [4.78, 5) is 2.33. The van der Waals surface area contributed by atoms with Gasteiger partial charge in [0.2, 0.25) is 0 Å². The number of rotatable bonds is 7. The second-order valence-corrected chi connectivity index (χ2v) is 6.51. The van der Waals surface area contributed by atoms with E-state index in [-0.39, 0.29) is 0 Å². The lowest BCUT2D eigenvalue weighted by Gasteiger charge is -2.26. The van der Waals surface area contributed by atoms with E-state index in [4.69, 9.17) is 0 Å². The molecule has 2 N–H and O–H groups in total. The normalized spacial score (nSPS) is 15.5. The molecule has 1 aromatic rings. The van der Waals surface area contributed by atoms with E-state index in [1.165, 1.54) is 23.2 Å². The van der Waals surface area contributed by atoms with Crippen molar-refractivity contribution < 1.29 is 0 Å². The molecular weight excluding hydrogens is 246 g/mol. The first kappa shape index (κ1) is 15.3. The number of para-hydroxylation sites is 1. The Morgan fingerprint density at radius 1 is 1.30 bits per heavy atom. The molecule has 2 rings (SSSR count). The van der Waals surface area contributed by atoms with Gasteiger partial charge in [0, 0.05) is 31.4 Å². The van der Waals surface area contributed by atoms with Gasteiger partial charge in [-0.15, -0.1) is 0 Å². The first-order valence-electron chi connectivity index (χ1n) is 7.79. The highest BCUT2D eigenvalue weighted by molar-refractivity contribution is 5.61. The number of hydrogen-bond acceptors (Lipinski definition) is 3. The fraction of sp³-hybridized carbons (Fsp3) is 0.647. The highest BCUT2D eigenvalue weighted by Gasteiger charge is 2.15. The summed E-state index contributed by atoms with van der Waals surface area (Å²) in [6.07, 6.45) is 2.40. The van der Waals surface area contributed by atoms with E-state index in [0.717, 1.165) is 32.0 Å². The monoisotopic (exact) mass is 275 g/mol. The van der Waals surface area contributed by atoms with Gasteiger partial charge >= 0.3 is 0 Å². The second kappa shape index (κ2) is 7.09. The molecular formula is C17H29N3. The molecule has 1 heterocycles. The fourth-order valence-corrected chi connectivity index (χ4v) is 2.95. The minimum Gasteiger partial charge on any atom is -0.384 e. The molecule has 0 fully saturated rings. The van der Waals surface area contributed by atoms with Crippen LogP contribution in [0.15, 0.2) is 18.2 Å². The van der Waals surface area contributed by atoms with Gasteiger partial charge in [-0.3, -0.25) is 0 Å². The fourth-order valence-electron chi connectivity index (χ4n) is 2.95. The molecule has 0 bridgehead atoms. The molecule has 3 heteroatoms. The average Bonchev–Trinajstić information content (AvgIpc) is 2.86. The lowest BCUT2D eigenvalue weighted by atomic mass is 10.0. The van der Waals surface area contributed by atoms with Crippen LogP contribution in [0.1, 0.15) is 31.4 Å². The van der Waals surface area contributed by atoms with Crippen LogP contribution in [0.5, 0.6) is 0 Å². The third-order valence-electron chi connectivity index (χ3n) is 4.10. The van der Waals surface area contributed by atoms with Gasteiger partial charge in [-0.25, -0.2) is 0 Å². The topological polar surface area (TPSA) is 27.3 Å². The number of fused-ring (bicyclic) bond motifs is 1. The number of anilines is 1. The van der Waals surface area contributed by atoms with E-state index in [0.29, 0.717) is 6.04 Å². The third-order valence-corrected chi connectivity index (χ3v) is 4.10. The lowest BCUT2D eigenvalue weighted by Crippen LogP contribution is -2.38. The van der Waals surface area contributed by atoms with Crippen LogP contribution in [-0.4, -0.2) is 38.1 Å². The summed E-state index contributed by atoms with van der Waals surface area (Å²) in [5, 5.41) is 7.15. The van der Waals surface area contributed by atoms with Crippen LogP contribution in [0.3, 0.4) is 0 Å². The molecule has 0 aliphatic carbocycles. The standard InChI is InChI=1S/C17H29N3/c1-13(2)10-16(20(3)4)12-18-11-15-7-5-6-14-8-9-19-17(14)15/h5-7,13,16,18-19H,8-12H2,1-4H3. The minimum atomic E-state index is 0.611. The Morgan fingerprint density at radius 3 is 2.80 bits per heavy atom. The summed E-state index contributed by atoms with van der Waals surface area (Å²) in [7, 11) is 4.35. The van der Waals surface area contributed by atoms with Crippen molar-refractivity contribution in [2.45, 2.75) is 39.3 Å². The van der Waals surface area contributed by atoms with Crippen LogP contribution in [0.2, 0.25) is 0 Å². The molecule has 1 aliphatic heterocycles. The molecule has 1 aromatic carbocycles. The quantitative estimate of drug-likeness (QED) is 0.801. The molecule has 20 heavy (non-hydrogen) atoms. The Balaban J connectivity index is 1.87. The van der Waals surface area contributed by atoms with E-state index < -0.39 is 0 Å². The molecule has 1 atom stereocenters. The van der Waals surface area contributed by atoms with Crippen molar-refractivity contribution in [3.8, 4) is 0 Å². The number of likely N-dealkylation sites (N-methyl/N-ethyl adjacent to an activating group) is 1. The summed E-state index contributed by atoms with van der Waals surface area (Å²) in [6, 6.07) is 7.26. The first-order chi connectivity index (χ1) is 9.58. The Morgan fingerprint density at radius 2 is 2.10 bits per heavy atom. The van der Waals surface area contributed by atoms with Crippen LogP contribution in [0, 0.1) is 5.92 Å². The molecule has 0 saturated heterocycles. The van der Waals surface area contributed by atoms with E-state index in [1.807, 2.05) is 0 Å². The van der Waals surface area contributed by atoms with Crippen molar-refractivity contribution in [1.82, 2.24) is 10.2 Å². The van der Waals surface area contributed by atoms with Gasteiger partial charge in [-0.2, -0.15) is 0 Å². The SMILES string of the molecule is CC(C)CC(CNCc1cccc2c1NCC2)N(C)C. The summed E-state index contributed by atoms with van der Waals surface area (Å²) in [5.41, 5.74) is 4.24. The lowest BCUT2D eigenvalue weighted by molar-refractivity contribution is 0.247. The van der Waals surface area contributed by atoms with Crippen molar-refractivity contribution >= 4 is 5.69 Å². The predicted octanol–water partition coefficient (Wildman–Crippen LogP) is 2.72. The third kappa shape index (κ3) is 3.97. The van der Waals surface area contributed by atoms with Crippen LogP contribution in [0.25, 0.3) is 0 Å². The smallest absolute Gasteiger partial charge is 0.0419 e. The molecule has 1 unspecified atom stereocenters. The van der Waals surface area contributed by atoms with Gasteiger partial charge in [0.15, 0.2) is 0 Å². The zero-order valence-corrected chi connectivity index (χ0v) is 13.4. The van der Waals surface area contributed by atoms with E-state index >= 15 is 0 Å². The molecule has 1 aliphatic rings. The summed E-state index contributed by atoms with van der Waals surface area (Å²) in [6.45, 7) is 7.68. The van der Waals surface area contributed by atoms with E-state index in [9.17, 15) is 0 Å². The minimum absolute atomic E-state index is 0.611. The maximum absolute atomic E-state index is 3.64. The highest BCUT2D eigenvalue weighted by Crippen LogP contribution is 2.26. The zero-order chi connectivity index (χ0) is 14.5. The summed E-state index contributed by atoms with van der Waals surface area (Å²) < 4.78 is 0. The largest absolute Gasteiger partial charge is 0.384 e. The zero-order valence-electron chi connectivity index (χ0n) is 13.4. The van der Waals surface area contributed by atoms with Crippen LogP contribution in [-0.2, 0) is 13.0 Å². The van der Waals surface area contributed by atoms with Crippen molar-refractivity contribution in [3.05, 3.63) is 29.3 Å². The van der Waals surface area contributed by atoms with Gasteiger partial charge < -0.3 is 15.5 Å². The van der Waals surface area contributed by atoms with E-state index in [1.54, 1.807) is 0 Å². The number of hydrogen-bond donors (Lipinski definition) is 2.